The summed E-state index contributed by atoms with van der Waals surface area (Å²) in [7, 11) is 1.84. The third-order valence-electron chi connectivity index (χ3n) is 2.98. The zero-order valence-electron chi connectivity index (χ0n) is 12.3. The number of aromatic nitrogens is 2. The Morgan fingerprint density at radius 3 is 2.85 bits per heavy atom. The summed E-state index contributed by atoms with van der Waals surface area (Å²) in [5, 5.41) is 7.52. The van der Waals surface area contributed by atoms with Crippen molar-refractivity contribution < 1.29 is 4.74 Å². The molecule has 0 amide bonds. The Kier molecular flexibility index (Phi) is 5.55. The molecule has 2 N–H and O–H groups in total. The maximum absolute atomic E-state index is 5.34. The monoisotopic (exact) mass is 294 g/mol. The van der Waals surface area contributed by atoms with Gasteiger partial charge in [-0.15, -0.1) is 11.3 Å². The summed E-state index contributed by atoms with van der Waals surface area (Å²) in [6.07, 6.45) is 2.00. The van der Waals surface area contributed by atoms with Crippen molar-refractivity contribution in [3.8, 4) is 0 Å². The highest BCUT2D eigenvalue weighted by Crippen LogP contribution is 2.30. The summed E-state index contributed by atoms with van der Waals surface area (Å²) >= 11 is 1.73. The van der Waals surface area contributed by atoms with Crippen LogP contribution in [0.25, 0.3) is 10.2 Å². The normalized spacial score (nSPS) is 10.9. The zero-order valence-corrected chi connectivity index (χ0v) is 13.1. The summed E-state index contributed by atoms with van der Waals surface area (Å²) in [4.78, 5) is 11.4. The van der Waals surface area contributed by atoms with Gasteiger partial charge in [0, 0.05) is 31.7 Å². The summed E-state index contributed by atoms with van der Waals surface area (Å²) < 4.78 is 5.34. The van der Waals surface area contributed by atoms with Crippen LogP contribution in [0, 0.1) is 0 Å². The molecule has 0 radical (unpaired) electrons. The van der Waals surface area contributed by atoms with Gasteiger partial charge in [0.05, 0.1) is 5.39 Å². The van der Waals surface area contributed by atoms with Gasteiger partial charge in [-0.2, -0.15) is 4.98 Å². The first-order chi connectivity index (χ1) is 9.78. The smallest absolute Gasteiger partial charge is 0.225 e. The van der Waals surface area contributed by atoms with E-state index in [2.05, 4.69) is 33.6 Å². The molecular formula is C14H22N4OS. The lowest BCUT2D eigenvalue weighted by Crippen LogP contribution is -2.08. The van der Waals surface area contributed by atoms with Crippen LogP contribution in [0.5, 0.6) is 0 Å². The number of rotatable bonds is 8. The highest BCUT2D eigenvalue weighted by atomic mass is 32.1. The molecular weight excluding hydrogens is 272 g/mol. The van der Waals surface area contributed by atoms with Gasteiger partial charge in [0.2, 0.25) is 5.95 Å². The van der Waals surface area contributed by atoms with Gasteiger partial charge in [0.25, 0.3) is 0 Å². The van der Waals surface area contributed by atoms with Gasteiger partial charge in [-0.25, -0.2) is 4.98 Å². The van der Waals surface area contributed by atoms with E-state index in [9.17, 15) is 0 Å². The molecule has 0 spiro atoms. The van der Waals surface area contributed by atoms with Crippen LogP contribution in [0.3, 0.4) is 0 Å². The molecule has 20 heavy (non-hydrogen) atoms. The van der Waals surface area contributed by atoms with Crippen LogP contribution in [0.4, 0.5) is 11.8 Å². The van der Waals surface area contributed by atoms with Gasteiger partial charge >= 0.3 is 0 Å². The zero-order chi connectivity index (χ0) is 14.4. The van der Waals surface area contributed by atoms with E-state index in [0.29, 0.717) is 5.95 Å². The molecule has 0 aromatic carbocycles. The van der Waals surface area contributed by atoms with E-state index in [4.69, 9.17) is 4.74 Å². The van der Waals surface area contributed by atoms with Crippen molar-refractivity contribution in [3.05, 3.63) is 10.9 Å². The van der Waals surface area contributed by atoms with Crippen molar-refractivity contribution in [2.45, 2.75) is 26.7 Å². The molecule has 6 heteroatoms. The van der Waals surface area contributed by atoms with Crippen LogP contribution < -0.4 is 10.6 Å². The fraction of sp³-hybridized carbons (Fsp3) is 0.571. The predicted octanol–water partition coefficient (Wildman–Crippen LogP) is 3.13. The number of fused-ring (bicyclic) bond motifs is 1. The van der Waals surface area contributed by atoms with Gasteiger partial charge in [-0.05, 0) is 25.8 Å². The maximum atomic E-state index is 5.34. The second-order valence-corrected chi connectivity index (χ2v) is 5.52. The third-order valence-corrected chi connectivity index (χ3v) is 4.15. The minimum absolute atomic E-state index is 0.661. The second kappa shape index (κ2) is 7.40. The van der Waals surface area contributed by atoms with E-state index in [0.717, 1.165) is 48.6 Å². The summed E-state index contributed by atoms with van der Waals surface area (Å²) in [6.45, 7) is 6.57. The topological polar surface area (TPSA) is 59.1 Å². The standard InChI is InChI=1S/C14H22N4OS/c1-4-10-9-11-12(16-7-6-8-19-5-2)17-14(15-3)18-13(11)20-10/h9H,4-8H2,1-3H3,(H2,15,16,17,18). The lowest BCUT2D eigenvalue weighted by molar-refractivity contribution is 0.147. The average molecular weight is 294 g/mol. The first-order valence-corrected chi connectivity index (χ1v) is 7.90. The Morgan fingerprint density at radius 1 is 1.30 bits per heavy atom. The third kappa shape index (κ3) is 3.58. The van der Waals surface area contributed by atoms with Crippen molar-refractivity contribution in [2.24, 2.45) is 0 Å². The number of hydrogen-bond acceptors (Lipinski definition) is 6. The van der Waals surface area contributed by atoms with Gasteiger partial charge < -0.3 is 15.4 Å². The molecule has 0 saturated carbocycles. The number of ether oxygens (including phenoxy) is 1. The highest BCUT2D eigenvalue weighted by molar-refractivity contribution is 7.18. The Hall–Kier alpha value is -1.40. The average Bonchev–Trinajstić information content (AvgIpc) is 2.89. The Labute approximate surface area is 123 Å². The molecule has 2 aromatic heterocycles. The predicted molar refractivity (Wildman–Crippen MR) is 85.9 cm³/mol. The molecule has 5 nitrogen and oxygen atoms in total. The van der Waals surface area contributed by atoms with Gasteiger partial charge in [-0.3, -0.25) is 0 Å². The molecule has 2 rings (SSSR count). The second-order valence-electron chi connectivity index (χ2n) is 4.41. The first-order valence-electron chi connectivity index (χ1n) is 7.08. The minimum Gasteiger partial charge on any atom is -0.382 e. The molecule has 0 bridgehead atoms. The van der Waals surface area contributed by atoms with Crippen LogP contribution in [-0.4, -0.2) is 36.8 Å². The molecule has 0 fully saturated rings. The van der Waals surface area contributed by atoms with Crippen LogP contribution in [0.2, 0.25) is 0 Å². The van der Waals surface area contributed by atoms with E-state index in [1.165, 1.54) is 4.88 Å². The number of aryl methyl sites for hydroxylation is 1. The largest absolute Gasteiger partial charge is 0.382 e. The lowest BCUT2D eigenvalue weighted by Gasteiger charge is -2.08. The Bertz CT molecular complexity index is 555. The molecule has 0 aliphatic heterocycles. The van der Waals surface area contributed by atoms with E-state index < -0.39 is 0 Å². The maximum Gasteiger partial charge on any atom is 0.225 e. The Morgan fingerprint density at radius 2 is 2.15 bits per heavy atom. The fourth-order valence-corrected chi connectivity index (χ4v) is 2.88. The molecule has 0 unspecified atom stereocenters. The molecule has 0 aliphatic carbocycles. The highest BCUT2D eigenvalue weighted by Gasteiger charge is 2.10. The molecule has 0 aliphatic rings. The van der Waals surface area contributed by atoms with E-state index in [1.54, 1.807) is 11.3 Å². The minimum atomic E-state index is 0.661. The number of hydrogen-bond donors (Lipinski definition) is 2. The first kappa shape index (κ1) is 15.0. The molecule has 2 aromatic rings. The van der Waals surface area contributed by atoms with Crippen LogP contribution in [0.1, 0.15) is 25.1 Å². The van der Waals surface area contributed by atoms with Crippen molar-refractivity contribution in [1.82, 2.24) is 9.97 Å². The van der Waals surface area contributed by atoms with Crippen LogP contribution in [-0.2, 0) is 11.2 Å². The van der Waals surface area contributed by atoms with Gasteiger partial charge in [0.1, 0.15) is 10.6 Å². The summed E-state index contributed by atoms with van der Waals surface area (Å²) in [5.74, 6) is 1.57. The lowest BCUT2D eigenvalue weighted by atomic mass is 10.3. The molecule has 110 valence electrons. The SMILES string of the molecule is CCOCCCNc1nc(NC)nc2sc(CC)cc12. The van der Waals surface area contributed by atoms with Crippen molar-refractivity contribution in [2.75, 3.05) is 37.4 Å². The summed E-state index contributed by atoms with van der Waals surface area (Å²) in [6, 6.07) is 2.18. The number of anilines is 2. The van der Waals surface area contributed by atoms with E-state index >= 15 is 0 Å². The fourth-order valence-electron chi connectivity index (χ4n) is 1.92. The Balaban J connectivity index is 2.14. The number of nitrogens with zero attached hydrogens (tertiary/aromatic N) is 2. The van der Waals surface area contributed by atoms with E-state index in [-0.39, 0.29) is 0 Å². The van der Waals surface area contributed by atoms with Crippen LogP contribution in [0.15, 0.2) is 6.07 Å². The van der Waals surface area contributed by atoms with E-state index in [1.807, 2.05) is 14.0 Å². The molecule has 2 heterocycles. The van der Waals surface area contributed by atoms with Gasteiger partial charge in [-0.1, -0.05) is 6.92 Å². The molecule has 0 atom stereocenters. The summed E-state index contributed by atoms with van der Waals surface area (Å²) in [5.41, 5.74) is 0. The van der Waals surface area contributed by atoms with Crippen LogP contribution >= 0.6 is 11.3 Å². The van der Waals surface area contributed by atoms with Crippen molar-refractivity contribution >= 4 is 33.3 Å². The van der Waals surface area contributed by atoms with Gasteiger partial charge in [0.15, 0.2) is 0 Å². The number of nitrogens with one attached hydrogen (secondary N) is 2. The molecule has 0 saturated heterocycles. The van der Waals surface area contributed by atoms with Crippen molar-refractivity contribution in [3.63, 3.8) is 0 Å². The quantitative estimate of drug-likeness (QED) is 0.733. The number of thiophene rings is 1. The van der Waals surface area contributed by atoms with Crippen molar-refractivity contribution in [1.29, 1.82) is 0 Å².